The second kappa shape index (κ2) is 45.1. The number of ether oxygens (including phenoxy) is 2. The van der Waals surface area contributed by atoms with Gasteiger partial charge in [-0.1, -0.05) is 169 Å². The third kappa shape index (κ3) is 40.0. The lowest BCUT2D eigenvalue weighted by Crippen LogP contribution is -2.35. The fraction of sp³-hybridized carbons (Fsp3) is 0.940. The summed E-state index contributed by atoms with van der Waals surface area (Å²) in [4.78, 5) is 28.0. The van der Waals surface area contributed by atoms with Crippen molar-refractivity contribution in [1.82, 2.24) is 15.5 Å². The minimum Gasteiger partial charge on any atom is -0.462 e. The van der Waals surface area contributed by atoms with Crippen molar-refractivity contribution in [3.63, 3.8) is 0 Å². The Labute approximate surface area is 366 Å². The average Bonchev–Trinajstić information content (AvgIpc) is 3.21. The predicted molar refractivity (Wildman–Crippen MR) is 255 cm³/mol. The van der Waals surface area contributed by atoms with E-state index in [0.29, 0.717) is 18.0 Å². The molecule has 0 bridgehead atoms. The number of rotatable bonds is 45. The number of thiocarbonyl (C=S) groups is 1. The van der Waals surface area contributed by atoms with E-state index in [9.17, 15) is 9.59 Å². The highest BCUT2D eigenvalue weighted by Gasteiger charge is 2.15. The number of hydrogen-bond donors (Lipinski definition) is 2. The zero-order valence-electron chi connectivity index (χ0n) is 39.4. The summed E-state index contributed by atoms with van der Waals surface area (Å²) < 4.78 is 12.0. The molecule has 0 fully saturated rings. The maximum atomic E-state index is 12.8. The van der Waals surface area contributed by atoms with Crippen molar-refractivity contribution in [2.45, 2.75) is 271 Å². The highest BCUT2D eigenvalue weighted by atomic mass is 32.1. The van der Waals surface area contributed by atoms with E-state index < -0.39 is 0 Å². The highest BCUT2D eigenvalue weighted by Crippen LogP contribution is 2.19. The topological polar surface area (TPSA) is 79.9 Å². The van der Waals surface area contributed by atoms with Crippen LogP contribution in [0.4, 0.5) is 0 Å². The van der Waals surface area contributed by atoms with Crippen molar-refractivity contribution in [2.75, 3.05) is 33.2 Å². The summed E-state index contributed by atoms with van der Waals surface area (Å²) in [5, 5.41) is 7.01. The Hall–Kier alpha value is -1.41. The van der Waals surface area contributed by atoms with E-state index in [0.717, 1.165) is 90.4 Å². The summed E-state index contributed by atoms with van der Waals surface area (Å²) in [5.74, 6) is 0.0343. The van der Waals surface area contributed by atoms with Crippen LogP contribution in [-0.4, -0.2) is 67.4 Å². The van der Waals surface area contributed by atoms with Crippen molar-refractivity contribution in [3.8, 4) is 0 Å². The third-order valence-electron chi connectivity index (χ3n) is 11.7. The summed E-state index contributed by atoms with van der Waals surface area (Å²) in [5.41, 5.74) is 0. The monoisotopic (exact) mass is 838 g/mol. The molecule has 2 N–H and O–H groups in total. The maximum Gasteiger partial charge on any atom is 0.306 e. The van der Waals surface area contributed by atoms with Crippen LogP contribution >= 0.6 is 12.2 Å². The van der Waals surface area contributed by atoms with E-state index in [1.807, 2.05) is 7.05 Å². The van der Waals surface area contributed by atoms with Crippen LogP contribution in [0.5, 0.6) is 0 Å². The fourth-order valence-electron chi connectivity index (χ4n) is 7.99. The molecule has 7 nitrogen and oxygen atoms in total. The zero-order chi connectivity index (χ0) is 42.6. The van der Waals surface area contributed by atoms with Crippen molar-refractivity contribution >= 4 is 29.3 Å². The molecule has 0 radical (unpaired) electrons. The largest absolute Gasteiger partial charge is 0.462 e. The molecule has 58 heavy (non-hydrogen) atoms. The van der Waals surface area contributed by atoms with Crippen LogP contribution in [-0.2, 0) is 19.1 Å². The van der Waals surface area contributed by atoms with E-state index in [2.05, 4.69) is 43.2 Å². The molecule has 0 aromatic heterocycles. The Bertz CT molecular complexity index is 890. The number of carbonyl (C=O) groups is 2. The van der Waals surface area contributed by atoms with Crippen LogP contribution in [0.15, 0.2) is 0 Å². The van der Waals surface area contributed by atoms with Crippen LogP contribution in [0, 0.1) is 0 Å². The number of hydrogen-bond acceptors (Lipinski definition) is 6. The number of nitrogens with zero attached hydrogens (tertiary/aromatic N) is 1. The molecule has 0 aliphatic carbocycles. The van der Waals surface area contributed by atoms with E-state index in [1.54, 1.807) is 0 Å². The van der Waals surface area contributed by atoms with Gasteiger partial charge in [0, 0.05) is 26.4 Å². The molecular formula is C50H99N3O4S. The highest BCUT2D eigenvalue weighted by molar-refractivity contribution is 7.80. The Balaban J connectivity index is 4.43. The molecule has 0 aliphatic heterocycles. The normalized spacial score (nSPS) is 12.0. The molecule has 0 heterocycles. The molecule has 0 saturated carbocycles. The van der Waals surface area contributed by atoms with Gasteiger partial charge in [-0.15, -0.1) is 0 Å². The van der Waals surface area contributed by atoms with Crippen LogP contribution < -0.4 is 10.6 Å². The van der Waals surface area contributed by atoms with Gasteiger partial charge in [-0.3, -0.25) is 9.59 Å². The van der Waals surface area contributed by atoms with Gasteiger partial charge in [-0.2, -0.15) is 0 Å². The van der Waals surface area contributed by atoms with Gasteiger partial charge in [0.2, 0.25) is 0 Å². The minimum atomic E-state index is 0.00755. The van der Waals surface area contributed by atoms with Crippen molar-refractivity contribution in [2.24, 2.45) is 0 Å². The molecule has 1 atom stereocenters. The van der Waals surface area contributed by atoms with Gasteiger partial charge in [0.25, 0.3) is 0 Å². The lowest BCUT2D eigenvalue weighted by atomic mass is 10.0. The van der Waals surface area contributed by atoms with Gasteiger partial charge in [0.15, 0.2) is 5.11 Å². The lowest BCUT2D eigenvalue weighted by Gasteiger charge is -2.22. The van der Waals surface area contributed by atoms with Crippen molar-refractivity contribution in [1.29, 1.82) is 0 Å². The standard InChI is InChI=1S/C50H99N3O4S/c1-6-10-13-16-21-28-37-46(36-9-4)56-48(54)40-31-24-19-26-33-43-53(45-35-42-52-50(58)51-5)44-34-27-20-25-32-41-49(55)57-47(38-29-22-17-14-11-7-2)39-30-23-18-15-12-8-3/h46-47H,6-45H2,1-5H3,(H2,51,52,58). The summed E-state index contributed by atoms with van der Waals surface area (Å²) in [6, 6.07) is 0. The fourth-order valence-corrected chi connectivity index (χ4v) is 8.09. The molecule has 0 amide bonds. The van der Waals surface area contributed by atoms with Crippen LogP contribution in [0.25, 0.3) is 0 Å². The summed E-state index contributed by atoms with van der Waals surface area (Å²) in [7, 11) is 1.86. The third-order valence-corrected chi connectivity index (χ3v) is 12.1. The smallest absolute Gasteiger partial charge is 0.306 e. The van der Waals surface area contributed by atoms with Crippen molar-refractivity contribution < 1.29 is 19.1 Å². The Morgan fingerprint density at radius 3 is 1.19 bits per heavy atom. The predicted octanol–water partition coefficient (Wildman–Crippen LogP) is 14.3. The first-order valence-corrected chi connectivity index (χ1v) is 25.9. The van der Waals surface area contributed by atoms with E-state index >= 15 is 0 Å². The van der Waals surface area contributed by atoms with Gasteiger partial charge in [-0.05, 0) is 109 Å². The molecule has 0 spiro atoms. The Morgan fingerprint density at radius 2 is 0.793 bits per heavy atom. The van der Waals surface area contributed by atoms with Crippen LogP contribution in [0.1, 0.15) is 259 Å². The first kappa shape index (κ1) is 56.6. The van der Waals surface area contributed by atoms with E-state index in [-0.39, 0.29) is 24.1 Å². The number of nitrogens with one attached hydrogen (secondary N) is 2. The molecule has 0 aliphatic rings. The van der Waals surface area contributed by atoms with Crippen molar-refractivity contribution in [3.05, 3.63) is 0 Å². The Kier molecular flexibility index (Phi) is 44.0. The lowest BCUT2D eigenvalue weighted by molar-refractivity contribution is -0.151. The van der Waals surface area contributed by atoms with Gasteiger partial charge >= 0.3 is 11.9 Å². The minimum absolute atomic E-state index is 0.00755. The second-order valence-electron chi connectivity index (χ2n) is 17.4. The van der Waals surface area contributed by atoms with Gasteiger partial charge in [-0.25, -0.2) is 0 Å². The number of unbranched alkanes of at least 4 members (excludes halogenated alkanes) is 23. The first-order chi connectivity index (χ1) is 28.4. The molecule has 1 unspecified atom stereocenters. The first-order valence-electron chi connectivity index (χ1n) is 25.5. The summed E-state index contributed by atoms with van der Waals surface area (Å²) in [6.45, 7) is 13.2. The summed E-state index contributed by atoms with van der Waals surface area (Å²) >= 11 is 5.26. The van der Waals surface area contributed by atoms with E-state index in [4.69, 9.17) is 21.7 Å². The van der Waals surface area contributed by atoms with Gasteiger partial charge < -0.3 is 25.0 Å². The molecule has 0 rings (SSSR count). The van der Waals surface area contributed by atoms with Crippen LogP contribution in [0.2, 0.25) is 0 Å². The van der Waals surface area contributed by atoms with Gasteiger partial charge in [0.05, 0.1) is 0 Å². The maximum absolute atomic E-state index is 12.8. The summed E-state index contributed by atoms with van der Waals surface area (Å²) in [6.07, 6.45) is 42.0. The SMILES string of the molecule is CCCCCCCCC(CCC)OC(=O)CCCCCCCN(CCCCCCCC(=O)OC(CCCCCCCC)CCCCCCCC)CCCNC(=S)NC. The molecule has 0 aromatic rings. The molecule has 8 heteroatoms. The average molecular weight is 838 g/mol. The zero-order valence-corrected chi connectivity index (χ0v) is 40.2. The molecular weight excluding hydrogens is 739 g/mol. The van der Waals surface area contributed by atoms with E-state index in [1.165, 1.54) is 154 Å². The molecule has 344 valence electrons. The number of carbonyl (C=O) groups excluding carboxylic acids is 2. The van der Waals surface area contributed by atoms with Gasteiger partial charge in [0.1, 0.15) is 12.2 Å². The molecule has 0 saturated heterocycles. The molecule has 0 aromatic carbocycles. The number of esters is 2. The van der Waals surface area contributed by atoms with Crippen LogP contribution in [0.3, 0.4) is 0 Å². The Morgan fingerprint density at radius 1 is 0.448 bits per heavy atom. The second-order valence-corrected chi connectivity index (χ2v) is 17.8. The quantitative estimate of drug-likeness (QED) is 0.0357.